The molecule has 0 amide bonds. The van der Waals surface area contributed by atoms with E-state index in [0.29, 0.717) is 18.8 Å². The molecule has 0 aromatic rings. The molecule has 0 bridgehead atoms. The number of ether oxygens (including phenoxy) is 3. The van der Waals surface area contributed by atoms with Crippen molar-refractivity contribution in [2.24, 2.45) is 11.8 Å². The van der Waals surface area contributed by atoms with E-state index < -0.39 is 6.10 Å². The van der Waals surface area contributed by atoms with E-state index in [2.05, 4.69) is 52.0 Å². The van der Waals surface area contributed by atoms with Gasteiger partial charge in [-0.15, -0.1) is 0 Å². The Morgan fingerprint density at radius 3 is 1.33 bits per heavy atom. The maximum absolute atomic E-state index is 12.6. The van der Waals surface area contributed by atoms with E-state index in [1.807, 2.05) is 6.92 Å². The first-order valence-corrected chi connectivity index (χ1v) is 18.6. The third kappa shape index (κ3) is 29.1. The molecule has 0 heterocycles. The van der Waals surface area contributed by atoms with E-state index in [0.717, 1.165) is 57.8 Å². The molecule has 3 atom stereocenters. The Hall–Kier alpha value is -2.11. The van der Waals surface area contributed by atoms with Gasteiger partial charge in [0.1, 0.15) is 13.2 Å². The highest BCUT2D eigenvalue weighted by Gasteiger charge is 2.22. The molecular weight excluding hydrogens is 564 g/mol. The van der Waals surface area contributed by atoms with Gasteiger partial charge in [0.2, 0.25) is 0 Å². The van der Waals surface area contributed by atoms with Gasteiger partial charge in [-0.25, -0.2) is 0 Å². The van der Waals surface area contributed by atoms with Gasteiger partial charge in [0.05, 0.1) is 0 Å². The van der Waals surface area contributed by atoms with Gasteiger partial charge in [0.15, 0.2) is 6.10 Å². The number of carbonyl (C=O) groups excluding carboxylic acids is 3. The zero-order chi connectivity index (χ0) is 33.4. The Labute approximate surface area is 277 Å². The van der Waals surface area contributed by atoms with Crippen LogP contribution in [0.1, 0.15) is 176 Å². The number of esters is 3. The van der Waals surface area contributed by atoms with Crippen LogP contribution in [0.5, 0.6) is 0 Å². The molecule has 0 aliphatic carbocycles. The summed E-state index contributed by atoms with van der Waals surface area (Å²) in [6.45, 7) is 10.5. The first-order valence-electron chi connectivity index (χ1n) is 18.6. The fraction of sp³-hybridized carbons (Fsp3) is 0.821. The minimum atomic E-state index is -0.785. The third-order valence-corrected chi connectivity index (χ3v) is 8.51. The third-order valence-electron chi connectivity index (χ3n) is 8.51. The average Bonchev–Trinajstić information content (AvgIpc) is 3.03. The lowest BCUT2D eigenvalue weighted by atomic mass is 9.91. The predicted molar refractivity (Wildman–Crippen MR) is 187 cm³/mol. The second kappa shape index (κ2) is 31.9. The standard InChI is InChI=1S/C39H70O6/c1-6-9-11-13-15-17-19-20-22-24-26-28-30-38(41)44-33-36(45-39(42)31-35(5)34(4)8-3)32-43-37(40)29-27-25-23-21-18-16-14-12-10-7-2/h11-14,34-36H,6-10,15-33H2,1-5H3/b13-11-,14-12-. The molecule has 0 saturated heterocycles. The Morgan fingerprint density at radius 1 is 0.511 bits per heavy atom. The minimum Gasteiger partial charge on any atom is -0.462 e. The number of carbonyl (C=O) groups is 3. The monoisotopic (exact) mass is 635 g/mol. The van der Waals surface area contributed by atoms with Gasteiger partial charge < -0.3 is 14.2 Å². The molecule has 6 nitrogen and oxygen atoms in total. The van der Waals surface area contributed by atoms with Crippen LogP contribution >= 0.6 is 0 Å². The van der Waals surface area contributed by atoms with E-state index in [-0.39, 0.29) is 43.5 Å². The molecule has 0 spiro atoms. The van der Waals surface area contributed by atoms with Crippen LogP contribution in [0.4, 0.5) is 0 Å². The quantitative estimate of drug-likeness (QED) is 0.0327. The normalized spacial score (nSPS) is 13.6. The van der Waals surface area contributed by atoms with E-state index >= 15 is 0 Å². The van der Waals surface area contributed by atoms with Crippen LogP contribution in [-0.2, 0) is 28.6 Å². The van der Waals surface area contributed by atoms with Crippen molar-refractivity contribution in [2.45, 2.75) is 182 Å². The highest BCUT2D eigenvalue weighted by Crippen LogP contribution is 2.19. The Morgan fingerprint density at radius 2 is 0.911 bits per heavy atom. The van der Waals surface area contributed by atoms with Gasteiger partial charge in [-0.3, -0.25) is 14.4 Å². The fourth-order valence-electron chi connectivity index (χ4n) is 5.01. The topological polar surface area (TPSA) is 78.9 Å². The molecule has 0 aliphatic rings. The number of unbranched alkanes of at least 4 members (excludes halogenated alkanes) is 14. The summed E-state index contributed by atoms with van der Waals surface area (Å²) in [5.74, 6) is -0.359. The van der Waals surface area contributed by atoms with Crippen LogP contribution in [0, 0.1) is 11.8 Å². The first-order chi connectivity index (χ1) is 21.8. The number of rotatable bonds is 31. The van der Waals surface area contributed by atoms with Crippen LogP contribution in [-0.4, -0.2) is 37.2 Å². The lowest BCUT2D eigenvalue weighted by molar-refractivity contribution is -0.167. The van der Waals surface area contributed by atoms with Crippen molar-refractivity contribution >= 4 is 17.9 Å². The maximum atomic E-state index is 12.6. The molecule has 45 heavy (non-hydrogen) atoms. The molecule has 0 radical (unpaired) electrons. The summed E-state index contributed by atoms with van der Waals surface area (Å²) in [6.07, 6.45) is 30.4. The van der Waals surface area contributed by atoms with Gasteiger partial charge in [-0.2, -0.15) is 0 Å². The molecule has 0 fully saturated rings. The zero-order valence-corrected chi connectivity index (χ0v) is 30.0. The second-order valence-electron chi connectivity index (χ2n) is 12.9. The van der Waals surface area contributed by atoms with Crippen LogP contribution in [0.2, 0.25) is 0 Å². The van der Waals surface area contributed by atoms with Gasteiger partial charge in [-0.1, -0.05) is 130 Å². The maximum Gasteiger partial charge on any atom is 0.306 e. The number of hydrogen-bond donors (Lipinski definition) is 0. The van der Waals surface area contributed by atoms with E-state index in [9.17, 15) is 14.4 Å². The molecule has 0 aromatic heterocycles. The summed E-state index contributed by atoms with van der Waals surface area (Å²) in [6, 6.07) is 0. The Kier molecular flexibility index (Phi) is 30.4. The summed E-state index contributed by atoms with van der Waals surface area (Å²) in [7, 11) is 0. The van der Waals surface area contributed by atoms with E-state index in [1.54, 1.807) is 0 Å². The summed E-state index contributed by atoms with van der Waals surface area (Å²) in [4.78, 5) is 37.4. The summed E-state index contributed by atoms with van der Waals surface area (Å²) in [5.41, 5.74) is 0. The van der Waals surface area contributed by atoms with Crippen molar-refractivity contribution in [3.8, 4) is 0 Å². The molecule has 0 N–H and O–H groups in total. The van der Waals surface area contributed by atoms with Crippen LogP contribution in [0.15, 0.2) is 24.3 Å². The lowest BCUT2D eigenvalue weighted by Gasteiger charge is -2.21. The van der Waals surface area contributed by atoms with E-state index in [4.69, 9.17) is 14.2 Å². The van der Waals surface area contributed by atoms with Crippen molar-refractivity contribution in [1.29, 1.82) is 0 Å². The van der Waals surface area contributed by atoms with Gasteiger partial charge in [0.25, 0.3) is 0 Å². The Balaban J connectivity index is 4.36. The highest BCUT2D eigenvalue weighted by atomic mass is 16.6. The zero-order valence-electron chi connectivity index (χ0n) is 30.0. The molecule has 0 aliphatic heterocycles. The van der Waals surface area contributed by atoms with Crippen molar-refractivity contribution in [3.05, 3.63) is 24.3 Å². The fourth-order valence-corrected chi connectivity index (χ4v) is 5.01. The van der Waals surface area contributed by atoms with Gasteiger partial charge in [-0.05, 0) is 63.2 Å². The largest absolute Gasteiger partial charge is 0.462 e. The van der Waals surface area contributed by atoms with Gasteiger partial charge in [0, 0.05) is 19.3 Å². The summed E-state index contributed by atoms with van der Waals surface area (Å²) < 4.78 is 16.5. The van der Waals surface area contributed by atoms with Crippen molar-refractivity contribution in [2.75, 3.05) is 13.2 Å². The molecule has 0 aromatic carbocycles. The molecule has 0 rings (SSSR count). The lowest BCUT2D eigenvalue weighted by Crippen LogP contribution is -2.31. The molecular formula is C39H70O6. The van der Waals surface area contributed by atoms with Crippen molar-refractivity contribution in [3.63, 3.8) is 0 Å². The predicted octanol–water partition coefficient (Wildman–Crippen LogP) is 11.0. The summed E-state index contributed by atoms with van der Waals surface area (Å²) >= 11 is 0. The average molecular weight is 635 g/mol. The molecule has 0 saturated carbocycles. The number of hydrogen-bond acceptors (Lipinski definition) is 6. The number of allylic oxidation sites excluding steroid dienone is 4. The van der Waals surface area contributed by atoms with Crippen molar-refractivity contribution < 1.29 is 28.6 Å². The highest BCUT2D eigenvalue weighted by molar-refractivity contribution is 5.71. The molecule has 3 unspecified atom stereocenters. The Bertz CT molecular complexity index is 773. The molecule has 262 valence electrons. The van der Waals surface area contributed by atoms with Crippen LogP contribution in [0.3, 0.4) is 0 Å². The van der Waals surface area contributed by atoms with E-state index in [1.165, 1.54) is 64.2 Å². The smallest absolute Gasteiger partial charge is 0.306 e. The van der Waals surface area contributed by atoms with Crippen molar-refractivity contribution in [1.82, 2.24) is 0 Å². The van der Waals surface area contributed by atoms with Crippen LogP contribution in [0.25, 0.3) is 0 Å². The van der Waals surface area contributed by atoms with Crippen LogP contribution < -0.4 is 0 Å². The SMILES string of the molecule is CCC/C=C\CCCCCCCCCC(=O)OCC(COC(=O)CCCCCCC/C=C\CCC)OC(=O)CC(C)C(C)CC. The molecule has 6 heteroatoms. The summed E-state index contributed by atoms with van der Waals surface area (Å²) in [5, 5.41) is 0. The van der Waals surface area contributed by atoms with Gasteiger partial charge >= 0.3 is 17.9 Å². The minimum absolute atomic E-state index is 0.0883. The first kappa shape index (κ1) is 42.9. The second-order valence-corrected chi connectivity index (χ2v) is 12.9.